The largest absolute Gasteiger partial charge is 0.507 e. The second-order valence-corrected chi connectivity index (χ2v) is 7.71. The van der Waals surface area contributed by atoms with Crippen molar-refractivity contribution in [1.82, 2.24) is 9.97 Å². The molecule has 2 fully saturated rings. The fourth-order valence-corrected chi connectivity index (χ4v) is 4.79. The van der Waals surface area contributed by atoms with Gasteiger partial charge in [0, 0.05) is 37.4 Å². The number of aryl methyl sites for hydroxylation is 1. The van der Waals surface area contributed by atoms with Crippen LogP contribution in [0.1, 0.15) is 37.8 Å². The molecule has 1 N–H and O–H groups in total. The molecular weight excluding hydrogens is 326 g/mol. The molecular formula is C21H27N3O2. The second-order valence-electron chi connectivity index (χ2n) is 7.71. The van der Waals surface area contributed by atoms with E-state index in [-0.39, 0.29) is 11.2 Å². The van der Waals surface area contributed by atoms with E-state index >= 15 is 0 Å². The molecule has 26 heavy (non-hydrogen) atoms. The molecule has 1 spiro atoms. The second kappa shape index (κ2) is 6.88. The van der Waals surface area contributed by atoms with E-state index in [1.54, 1.807) is 6.07 Å². The van der Waals surface area contributed by atoms with Gasteiger partial charge >= 0.3 is 0 Å². The molecule has 1 saturated heterocycles. The van der Waals surface area contributed by atoms with Crippen molar-refractivity contribution in [3.63, 3.8) is 0 Å². The highest BCUT2D eigenvalue weighted by molar-refractivity contribution is 5.65. The van der Waals surface area contributed by atoms with E-state index in [0.717, 1.165) is 37.4 Å². The molecule has 0 radical (unpaired) electrons. The Morgan fingerprint density at radius 1 is 1.19 bits per heavy atom. The van der Waals surface area contributed by atoms with E-state index in [1.165, 1.54) is 19.3 Å². The third kappa shape index (κ3) is 3.05. The summed E-state index contributed by atoms with van der Waals surface area (Å²) in [6.07, 6.45) is 6.39. The SMILES string of the molecule is CO[C@@H]1CCC[C@]12CCCN(c1cc(C)nc(-c3ccccc3O)n1)C2. The number of nitrogens with zero attached hydrogens (tertiary/aromatic N) is 3. The van der Waals surface area contributed by atoms with Crippen molar-refractivity contribution in [2.45, 2.75) is 45.1 Å². The smallest absolute Gasteiger partial charge is 0.165 e. The summed E-state index contributed by atoms with van der Waals surface area (Å²) in [6, 6.07) is 9.31. The number of para-hydroxylation sites is 1. The van der Waals surface area contributed by atoms with Crippen LogP contribution in [0, 0.1) is 12.3 Å². The fourth-order valence-electron chi connectivity index (χ4n) is 4.79. The Hall–Kier alpha value is -2.14. The van der Waals surface area contributed by atoms with Crippen molar-refractivity contribution in [2.75, 3.05) is 25.1 Å². The number of phenolic OH excluding ortho intramolecular Hbond substituents is 1. The molecule has 2 atom stereocenters. The van der Waals surface area contributed by atoms with Gasteiger partial charge in [0.05, 0.1) is 11.7 Å². The van der Waals surface area contributed by atoms with Crippen LogP contribution in [-0.2, 0) is 4.74 Å². The summed E-state index contributed by atoms with van der Waals surface area (Å²) < 4.78 is 5.83. The third-order valence-electron chi connectivity index (χ3n) is 6.03. The first-order valence-corrected chi connectivity index (χ1v) is 9.53. The van der Waals surface area contributed by atoms with Gasteiger partial charge < -0.3 is 14.7 Å². The molecule has 1 aromatic carbocycles. The minimum absolute atomic E-state index is 0.217. The van der Waals surface area contributed by atoms with Crippen molar-refractivity contribution in [1.29, 1.82) is 0 Å². The molecule has 2 aromatic rings. The fraction of sp³-hybridized carbons (Fsp3) is 0.524. The lowest BCUT2D eigenvalue weighted by molar-refractivity contribution is 0.00216. The maximum absolute atomic E-state index is 10.2. The number of hydrogen-bond donors (Lipinski definition) is 1. The first-order chi connectivity index (χ1) is 12.6. The minimum Gasteiger partial charge on any atom is -0.507 e. The van der Waals surface area contributed by atoms with Crippen LogP contribution in [0.4, 0.5) is 5.82 Å². The quantitative estimate of drug-likeness (QED) is 0.906. The molecule has 138 valence electrons. The van der Waals surface area contributed by atoms with Gasteiger partial charge in [0.1, 0.15) is 11.6 Å². The summed E-state index contributed by atoms with van der Waals surface area (Å²) in [6.45, 7) is 3.99. The molecule has 2 heterocycles. The van der Waals surface area contributed by atoms with Crippen LogP contribution in [0.25, 0.3) is 11.4 Å². The van der Waals surface area contributed by atoms with Gasteiger partial charge in [0.15, 0.2) is 5.82 Å². The van der Waals surface area contributed by atoms with Crippen molar-refractivity contribution in [2.24, 2.45) is 5.41 Å². The number of methoxy groups -OCH3 is 1. The van der Waals surface area contributed by atoms with Crippen LogP contribution in [0.5, 0.6) is 5.75 Å². The molecule has 1 aromatic heterocycles. The Balaban J connectivity index is 1.67. The molecule has 5 heteroatoms. The lowest BCUT2D eigenvalue weighted by Gasteiger charge is -2.44. The Morgan fingerprint density at radius 3 is 2.81 bits per heavy atom. The zero-order valence-corrected chi connectivity index (χ0v) is 15.6. The predicted octanol–water partition coefficient (Wildman–Crippen LogP) is 3.94. The number of aromatic hydroxyl groups is 1. The summed E-state index contributed by atoms with van der Waals surface area (Å²) in [5.74, 6) is 1.76. The number of aromatic nitrogens is 2. The lowest BCUT2D eigenvalue weighted by atomic mass is 9.76. The summed E-state index contributed by atoms with van der Waals surface area (Å²) >= 11 is 0. The highest BCUT2D eigenvalue weighted by atomic mass is 16.5. The number of phenols is 1. The molecule has 0 unspecified atom stereocenters. The van der Waals surface area contributed by atoms with E-state index in [2.05, 4.69) is 16.0 Å². The summed E-state index contributed by atoms with van der Waals surface area (Å²) in [5, 5.41) is 10.2. The van der Waals surface area contributed by atoms with Crippen LogP contribution in [-0.4, -0.2) is 41.4 Å². The van der Waals surface area contributed by atoms with Gasteiger partial charge in [-0.1, -0.05) is 18.6 Å². The Labute approximate surface area is 155 Å². The first-order valence-electron chi connectivity index (χ1n) is 9.53. The van der Waals surface area contributed by atoms with Gasteiger partial charge in [-0.05, 0) is 44.7 Å². The van der Waals surface area contributed by atoms with Gasteiger partial charge in [0.25, 0.3) is 0 Å². The monoisotopic (exact) mass is 353 g/mol. The topological polar surface area (TPSA) is 58.5 Å². The number of rotatable bonds is 3. The average molecular weight is 353 g/mol. The van der Waals surface area contributed by atoms with Crippen molar-refractivity contribution in [3.05, 3.63) is 36.0 Å². The number of piperidine rings is 1. The number of benzene rings is 1. The zero-order chi connectivity index (χ0) is 18.1. The molecule has 0 bridgehead atoms. The van der Waals surface area contributed by atoms with E-state index in [0.29, 0.717) is 17.5 Å². The number of ether oxygens (including phenoxy) is 1. The maximum Gasteiger partial charge on any atom is 0.165 e. The summed E-state index contributed by atoms with van der Waals surface area (Å²) in [4.78, 5) is 11.8. The van der Waals surface area contributed by atoms with Crippen molar-refractivity contribution < 1.29 is 9.84 Å². The van der Waals surface area contributed by atoms with E-state index in [1.807, 2.05) is 32.2 Å². The van der Waals surface area contributed by atoms with Crippen molar-refractivity contribution >= 4 is 5.82 Å². The van der Waals surface area contributed by atoms with Gasteiger partial charge in [-0.15, -0.1) is 0 Å². The van der Waals surface area contributed by atoms with Crippen LogP contribution in [0.15, 0.2) is 30.3 Å². The molecule has 1 aliphatic heterocycles. The highest BCUT2D eigenvalue weighted by Gasteiger charge is 2.46. The highest BCUT2D eigenvalue weighted by Crippen LogP contribution is 2.47. The van der Waals surface area contributed by atoms with Crippen LogP contribution >= 0.6 is 0 Å². The molecule has 2 aliphatic rings. The first kappa shape index (κ1) is 17.3. The molecule has 0 amide bonds. The number of hydrogen-bond acceptors (Lipinski definition) is 5. The zero-order valence-electron chi connectivity index (χ0n) is 15.6. The van der Waals surface area contributed by atoms with Gasteiger partial charge in [-0.2, -0.15) is 0 Å². The average Bonchev–Trinajstić information content (AvgIpc) is 3.03. The normalized spacial score (nSPS) is 25.8. The standard InChI is InChI=1S/C21H27N3O2/c1-15-13-19(23-20(22-15)16-7-3-4-8-17(16)25)24-12-6-11-21(14-24)10-5-9-18(21)26-2/h3-4,7-8,13,18,25H,5-6,9-12,14H2,1-2H3/t18-,21-/m1/s1. The van der Waals surface area contributed by atoms with Crippen molar-refractivity contribution in [3.8, 4) is 17.1 Å². The lowest BCUT2D eigenvalue weighted by Crippen LogP contribution is -2.48. The summed E-state index contributed by atoms with van der Waals surface area (Å²) in [7, 11) is 1.85. The van der Waals surface area contributed by atoms with E-state index < -0.39 is 0 Å². The minimum atomic E-state index is 0.217. The Bertz CT molecular complexity index is 795. The Morgan fingerprint density at radius 2 is 2.00 bits per heavy atom. The van der Waals surface area contributed by atoms with Gasteiger partial charge in [0.2, 0.25) is 0 Å². The molecule has 1 aliphatic carbocycles. The van der Waals surface area contributed by atoms with E-state index in [9.17, 15) is 5.11 Å². The van der Waals surface area contributed by atoms with Crippen LogP contribution in [0.2, 0.25) is 0 Å². The number of anilines is 1. The van der Waals surface area contributed by atoms with Gasteiger partial charge in [-0.3, -0.25) is 0 Å². The van der Waals surface area contributed by atoms with E-state index in [4.69, 9.17) is 9.72 Å². The van der Waals surface area contributed by atoms with Gasteiger partial charge in [-0.25, -0.2) is 9.97 Å². The van der Waals surface area contributed by atoms with Crippen LogP contribution < -0.4 is 4.90 Å². The maximum atomic E-state index is 10.2. The molecule has 5 nitrogen and oxygen atoms in total. The summed E-state index contributed by atoms with van der Waals surface area (Å²) in [5.41, 5.74) is 1.85. The molecule has 4 rings (SSSR count). The van der Waals surface area contributed by atoms with Crippen LogP contribution in [0.3, 0.4) is 0 Å². The predicted molar refractivity (Wildman–Crippen MR) is 102 cm³/mol. The molecule has 1 saturated carbocycles. The Kier molecular flexibility index (Phi) is 4.57. The third-order valence-corrected chi connectivity index (χ3v) is 6.03.